The van der Waals surface area contributed by atoms with Gasteiger partial charge in [-0.05, 0) is 19.8 Å². The number of hydrogen-bond acceptors (Lipinski definition) is 3. The minimum atomic E-state index is -0.481. The van der Waals surface area contributed by atoms with Gasteiger partial charge in [0, 0.05) is 6.04 Å². The van der Waals surface area contributed by atoms with Gasteiger partial charge in [0.1, 0.15) is 0 Å². The summed E-state index contributed by atoms with van der Waals surface area (Å²) in [5.41, 5.74) is -0.481. The van der Waals surface area contributed by atoms with Crippen molar-refractivity contribution in [2.24, 2.45) is 0 Å². The van der Waals surface area contributed by atoms with Crippen LogP contribution in [0.2, 0.25) is 0 Å². The third kappa shape index (κ3) is 2.15. The standard InChI is InChI=1S/C8H17NO2/c1-8(5-10,6-11)9-7-3-2-4-7/h7,9-11H,2-6H2,1H3. The monoisotopic (exact) mass is 159 g/mol. The Bertz CT molecular complexity index is 119. The zero-order chi connectivity index (χ0) is 8.32. The maximum Gasteiger partial charge on any atom is 0.0633 e. The summed E-state index contributed by atoms with van der Waals surface area (Å²) in [6.45, 7) is 1.84. The molecule has 1 saturated carbocycles. The molecule has 0 amide bonds. The minimum Gasteiger partial charge on any atom is -0.394 e. The highest BCUT2D eigenvalue weighted by atomic mass is 16.3. The second kappa shape index (κ2) is 3.52. The molecule has 0 spiro atoms. The van der Waals surface area contributed by atoms with Gasteiger partial charge in [-0.2, -0.15) is 0 Å². The fourth-order valence-corrected chi connectivity index (χ4v) is 1.19. The average Bonchev–Trinajstić information content (AvgIpc) is 1.97. The lowest BCUT2D eigenvalue weighted by Gasteiger charge is -2.36. The van der Waals surface area contributed by atoms with E-state index in [0.29, 0.717) is 6.04 Å². The molecule has 66 valence electrons. The zero-order valence-electron chi connectivity index (χ0n) is 7.01. The molecular weight excluding hydrogens is 142 g/mol. The Morgan fingerprint density at radius 3 is 2.18 bits per heavy atom. The van der Waals surface area contributed by atoms with Crippen molar-refractivity contribution in [2.75, 3.05) is 13.2 Å². The fraction of sp³-hybridized carbons (Fsp3) is 1.00. The van der Waals surface area contributed by atoms with Crippen LogP contribution in [0.3, 0.4) is 0 Å². The highest BCUT2D eigenvalue weighted by Crippen LogP contribution is 2.20. The second-order valence-corrected chi connectivity index (χ2v) is 3.65. The molecule has 0 aromatic heterocycles. The molecule has 0 aromatic rings. The molecule has 1 rings (SSSR count). The van der Waals surface area contributed by atoms with E-state index in [9.17, 15) is 0 Å². The fourth-order valence-electron chi connectivity index (χ4n) is 1.19. The van der Waals surface area contributed by atoms with Crippen molar-refractivity contribution in [2.45, 2.75) is 37.8 Å². The molecule has 0 heterocycles. The summed E-state index contributed by atoms with van der Waals surface area (Å²) < 4.78 is 0. The van der Waals surface area contributed by atoms with Gasteiger partial charge in [0.15, 0.2) is 0 Å². The summed E-state index contributed by atoms with van der Waals surface area (Å²) in [6.07, 6.45) is 3.62. The van der Waals surface area contributed by atoms with E-state index in [1.807, 2.05) is 6.92 Å². The third-order valence-electron chi connectivity index (χ3n) is 2.36. The maximum absolute atomic E-state index is 8.93. The van der Waals surface area contributed by atoms with E-state index >= 15 is 0 Å². The molecule has 0 saturated heterocycles. The normalized spacial score (nSPS) is 19.9. The van der Waals surface area contributed by atoms with E-state index in [1.54, 1.807) is 0 Å². The molecule has 0 aromatic carbocycles. The van der Waals surface area contributed by atoms with Crippen LogP contribution in [0.15, 0.2) is 0 Å². The topological polar surface area (TPSA) is 52.5 Å². The van der Waals surface area contributed by atoms with Crippen LogP contribution in [0, 0.1) is 0 Å². The molecule has 11 heavy (non-hydrogen) atoms. The largest absolute Gasteiger partial charge is 0.394 e. The molecule has 3 N–H and O–H groups in total. The van der Waals surface area contributed by atoms with Crippen LogP contribution in [0.1, 0.15) is 26.2 Å². The number of aliphatic hydroxyl groups excluding tert-OH is 2. The lowest BCUT2D eigenvalue weighted by Crippen LogP contribution is -2.55. The predicted molar refractivity (Wildman–Crippen MR) is 43.4 cm³/mol. The van der Waals surface area contributed by atoms with Crippen molar-refractivity contribution in [1.82, 2.24) is 5.32 Å². The molecule has 0 aliphatic heterocycles. The molecule has 3 heteroatoms. The lowest BCUT2D eigenvalue weighted by molar-refractivity contribution is 0.0823. The van der Waals surface area contributed by atoms with E-state index in [2.05, 4.69) is 5.32 Å². The summed E-state index contributed by atoms with van der Waals surface area (Å²) in [5, 5.41) is 21.1. The highest BCUT2D eigenvalue weighted by Gasteiger charge is 2.28. The first-order valence-electron chi connectivity index (χ1n) is 4.19. The van der Waals surface area contributed by atoms with Gasteiger partial charge in [-0.3, -0.25) is 0 Å². The van der Waals surface area contributed by atoms with Crippen molar-refractivity contribution in [3.8, 4) is 0 Å². The minimum absolute atomic E-state index is 0. The average molecular weight is 159 g/mol. The SMILES string of the molecule is CC(CO)(CO)NC1CCC1. The molecule has 0 bridgehead atoms. The molecular formula is C8H17NO2. The molecule has 1 aliphatic carbocycles. The summed E-state index contributed by atoms with van der Waals surface area (Å²) in [6, 6.07) is 0.513. The molecule has 0 atom stereocenters. The summed E-state index contributed by atoms with van der Waals surface area (Å²) in [5.74, 6) is 0. The summed E-state index contributed by atoms with van der Waals surface area (Å²) in [4.78, 5) is 0. The number of hydrogen-bond donors (Lipinski definition) is 3. The highest BCUT2D eigenvalue weighted by molar-refractivity contribution is 4.88. The van der Waals surface area contributed by atoms with Crippen molar-refractivity contribution in [3.05, 3.63) is 0 Å². The first-order valence-corrected chi connectivity index (χ1v) is 4.19. The van der Waals surface area contributed by atoms with E-state index in [0.717, 1.165) is 0 Å². The van der Waals surface area contributed by atoms with E-state index in [1.165, 1.54) is 19.3 Å². The van der Waals surface area contributed by atoms with Crippen LogP contribution in [-0.4, -0.2) is 35.0 Å². The van der Waals surface area contributed by atoms with E-state index in [4.69, 9.17) is 10.2 Å². The Morgan fingerprint density at radius 2 is 1.91 bits per heavy atom. The van der Waals surface area contributed by atoms with Crippen LogP contribution in [0.25, 0.3) is 0 Å². The van der Waals surface area contributed by atoms with Gasteiger partial charge in [-0.25, -0.2) is 0 Å². The van der Waals surface area contributed by atoms with Crippen LogP contribution in [-0.2, 0) is 0 Å². The molecule has 1 fully saturated rings. The quantitative estimate of drug-likeness (QED) is 0.535. The van der Waals surface area contributed by atoms with Gasteiger partial charge in [0.2, 0.25) is 0 Å². The van der Waals surface area contributed by atoms with Crippen LogP contribution in [0.4, 0.5) is 0 Å². The van der Waals surface area contributed by atoms with Crippen molar-refractivity contribution in [3.63, 3.8) is 0 Å². The number of rotatable bonds is 4. The van der Waals surface area contributed by atoms with Gasteiger partial charge in [-0.1, -0.05) is 6.42 Å². The smallest absolute Gasteiger partial charge is 0.0633 e. The van der Waals surface area contributed by atoms with Gasteiger partial charge >= 0.3 is 0 Å². The molecule has 0 radical (unpaired) electrons. The number of nitrogens with one attached hydrogen (secondary N) is 1. The van der Waals surface area contributed by atoms with Crippen molar-refractivity contribution < 1.29 is 10.2 Å². The van der Waals surface area contributed by atoms with Crippen molar-refractivity contribution in [1.29, 1.82) is 0 Å². The van der Waals surface area contributed by atoms with Gasteiger partial charge in [0.25, 0.3) is 0 Å². The van der Waals surface area contributed by atoms with Gasteiger partial charge in [0.05, 0.1) is 18.8 Å². The zero-order valence-corrected chi connectivity index (χ0v) is 7.01. The molecule has 1 aliphatic rings. The van der Waals surface area contributed by atoms with Crippen LogP contribution in [0.5, 0.6) is 0 Å². The van der Waals surface area contributed by atoms with Gasteiger partial charge < -0.3 is 15.5 Å². The summed E-state index contributed by atoms with van der Waals surface area (Å²) in [7, 11) is 0. The van der Waals surface area contributed by atoms with Crippen LogP contribution >= 0.6 is 0 Å². The molecule has 3 nitrogen and oxygen atoms in total. The lowest BCUT2D eigenvalue weighted by atomic mass is 9.90. The molecule has 0 unspecified atom stereocenters. The van der Waals surface area contributed by atoms with E-state index < -0.39 is 5.54 Å². The maximum atomic E-state index is 8.93. The summed E-state index contributed by atoms with van der Waals surface area (Å²) >= 11 is 0. The first-order chi connectivity index (χ1) is 5.20. The second-order valence-electron chi connectivity index (χ2n) is 3.65. The van der Waals surface area contributed by atoms with E-state index in [-0.39, 0.29) is 13.2 Å². The van der Waals surface area contributed by atoms with Crippen LogP contribution < -0.4 is 5.32 Å². The Kier molecular flexibility index (Phi) is 2.87. The van der Waals surface area contributed by atoms with Gasteiger partial charge in [-0.15, -0.1) is 0 Å². The predicted octanol–water partition coefficient (Wildman–Crippen LogP) is -0.128. The Balaban J connectivity index is 2.29. The Labute approximate surface area is 67.4 Å². The Hall–Kier alpha value is -0.120. The Morgan fingerprint density at radius 1 is 1.36 bits per heavy atom. The van der Waals surface area contributed by atoms with Crippen molar-refractivity contribution >= 4 is 0 Å². The third-order valence-corrected chi connectivity index (χ3v) is 2.36. The first kappa shape index (κ1) is 8.97. The number of aliphatic hydroxyl groups is 2.